The second kappa shape index (κ2) is 5.48. The van der Waals surface area contributed by atoms with E-state index in [-0.39, 0.29) is 29.2 Å². The van der Waals surface area contributed by atoms with E-state index in [0.29, 0.717) is 25.3 Å². The Bertz CT molecular complexity index is 475. The Hall–Kier alpha value is -1.75. The molecule has 2 N–H and O–H groups in total. The maximum absolute atomic E-state index is 12.3. The second-order valence-corrected chi connectivity index (χ2v) is 4.97. The van der Waals surface area contributed by atoms with E-state index in [1.165, 1.54) is 13.2 Å². The molecule has 0 bridgehead atoms. The summed E-state index contributed by atoms with van der Waals surface area (Å²) >= 11 is 0. The van der Waals surface area contributed by atoms with Crippen LogP contribution >= 0.6 is 0 Å². The van der Waals surface area contributed by atoms with Crippen molar-refractivity contribution in [3.8, 4) is 11.5 Å². The van der Waals surface area contributed by atoms with Gasteiger partial charge in [-0.25, -0.2) is 0 Å². The average molecular weight is 265 g/mol. The van der Waals surface area contributed by atoms with Gasteiger partial charge in [0, 0.05) is 19.2 Å². The molecule has 0 radical (unpaired) electrons. The molecule has 5 nitrogen and oxygen atoms in total. The minimum atomic E-state index is -0.353. The van der Waals surface area contributed by atoms with Crippen molar-refractivity contribution < 1.29 is 19.7 Å². The van der Waals surface area contributed by atoms with Gasteiger partial charge in [0.1, 0.15) is 11.5 Å². The SMILES string of the molecule is COc1ccc(C(=O)N2CCC(O)C(C)C2)c(O)c1. The van der Waals surface area contributed by atoms with Gasteiger partial charge in [0.05, 0.1) is 18.8 Å². The van der Waals surface area contributed by atoms with Crippen LogP contribution in [0.4, 0.5) is 0 Å². The number of hydrogen-bond acceptors (Lipinski definition) is 4. The molecule has 1 amide bonds. The van der Waals surface area contributed by atoms with Crippen molar-refractivity contribution in [1.82, 2.24) is 4.90 Å². The maximum Gasteiger partial charge on any atom is 0.257 e. The monoisotopic (exact) mass is 265 g/mol. The fourth-order valence-electron chi connectivity index (χ4n) is 2.31. The summed E-state index contributed by atoms with van der Waals surface area (Å²) in [5.41, 5.74) is 0.268. The Morgan fingerprint density at radius 2 is 2.21 bits per heavy atom. The second-order valence-electron chi connectivity index (χ2n) is 4.97. The number of methoxy groups -OCH3 is 1. The minimum Gasteiger partial charge on any atom is -0.507 e. The lowest BCUT2D eigenvalue weighted by atomic mass is 9.96. The molecule has 5 heteroatoms. The van der Waals surface area contributed by atoms with Crippen molar-refractivity contribution in [3.05, 3.63) is 23.8 Å². The van der Waals surface area contributed by atoms with Crippen LogP contribution in [0.1, 0.15) is 23.7 Å². The van der Waals surface area contributed by atoms with Crippen LogP contribution in [0.15, 0.2) is 18.2 Å². The Labute approximate surface area is 112 Å². The lowest BCUT2D eigenvalue weighted by Crippen LogP contribution is -2.44. The van der Waals surface area contributed by atoms with Gasteiger partial charge in [-0.05, 0) is 24.5 Å². The molecular formula is C14H19NO4. The van der Waals surface area contributed by atoms with E-state index in [0.717, 1.165) is 0 Å². The number of amides is 1. The van der Waals surface area contributed by atoms with Crippen LogP contribution < -0.4 is 4.74 Å². The summed E-state index contributed by atoms with van der Waals surface area (Å²) < 4.78 is 4.99. The molecule has 104 valence electrons. The molecule has 1 aromatic carbocycles. The van der Waals surface area contributed by atoms with Crippen LogP contribution in [0.2, 0.25) is 0 Å². The van der Waals surface area contributed by atoms with E-state index in [9.17, 15) is 15.0 Å². The van der Waals surface area contributed by atoms with Crippen molar-refractivity contribution in [3.63, 3.8) is 0 Å². The van der Waals surface area contributed by atoms with Gasteiger partial charge in [-0.3, -0.25) is 4.79 Å². The first-order valence-electron chi connectivity index (χ1n) is 6.37. The summed E-state index contributed by atoms with van der Waals surface area (Å²) in [6.07, 6.45) is 0.220. The summed E-state index contributed by atoms with van der Waals surface area (Å²) in [5, 5.41) is 19.5. The quantitative estimate of drug-likeness (QED) is 0.844. The maximum atomic E-state index is 12.3. The van der Waals surface area contributed by atoms with Gasteiger partial charge in [0.15, 0.2) is 0 Å². The Kier molecular flexibility index (Phi) is 3.95. The van der Waals surface area contributed by atoms with Crippen molar-refractivity contribution in [2.45, 2.75) is 19.4 Å². The van der Waals surface area contributed by atoms with Crippen molar-refractivity contribution in [2.75, 3.05) is 20.2 Å². The number of likely N-dealkylation sites (tertiary alicyclic amines) is 1. The Morgan fingerprint density at radius 3 is 2.79 bits per heavy atom. The number of piperidine rings is 1. The predicted octanol–water partition coefficient (Wildman–Crippen LogP) is 1.24. The molecule has 2 unspecified atom stereocenters. The van der Waals surface area contributed by atoms with Crippen LogP contribution in [-0.2, 0) is 0 Å². The first-order chi connectivity index (χ1) is 9.02. The summed E-state index contributed by atoms with van der Waals surface area (Å²) in [6.45, 7) is 2.93. The lowest BCUT2D eigenvalue weighted by Gasteiger charge is -2.34. The minimum absolute atomic E-state index is 0.0538. The highest BCUT2D eigenvalue weighted by molar-refractivity contribution is 5.97. The highest BCUT2D eigenvalue weighted by Crippen LogP contribution is 2.26. The van der Waals surface area contributed by atoms with Gasteiger partial charge in [0.2, 0.25) is 0 Å². The normalized spacial score (nSPS) is 23.2. The molecule has 19 heavy (non-hydrogen) atoms. The molecule has 1 fully saturated rings. The standard InChI is InChI=1S/C14H19NO4/c1-9-8-15(6-5-12(9)16)14(18)11-4-3-10(19-2)7-13(11)17/h3-4,7,9,12,16-17H,5-6,8H2,1-2H3. The number of aliphatic hydroxyl groups excluding tert-OH is 1. The lowest BCUT2D eigenvalue weighted by molar-refractivity contribution is 0.0296. The molecule has 1 heterocycles. The topological polar surface area (TPSA) is 70.0 Å². The fourth-order valence-corrected chi connectivity index (χ4v) is 2.31. The number of phenolic OH excluding ortho intramolecular Hbond substituents is 1. The predicted molar refractivity (Wildman–Crippen MR) is 70.4 cm³/mol. The van der Waals surface area contributed by atoms with Crippen LogP contribution in [-0.4, -0.2) is 47.3 Å². The highest BCUT2D eigenvalue weighted by Gasteiger charge is 2.28. The molecule has 1 aliphatic rings. The molecule has 0 aliphatic carbocycles. The third-order valence-corrected chi connectivity index (χ3v) is 3.58. The molecule has 1 aliphatic heterocycles. The molecule has 2 atom stereocenters. The van der Waals surface area contributed by atoms with E-state index in [2.05, 4.69) is 0 Å². The van der Waals surface area contributed by atoms with E-state index >= 15 is 0 Å². The zero-order chi connectivity index (χ0) is 14.0. The van der Waals surface area contributed by atoms with Gasteiger partial charge in [-0.1, -0.05) is 6.92 Å². The van der Waals surface area contributed by atoms with Gasteiger partial charge >= 0.3 is 0 Å². The van der Waals surface area contributed by atoms with E-state index < -0.39 is 0 Å². The molecule has 2 rings (SSSR count). The van der Waals surface area contributed by atoms with E-state index in [4.69, 9.17) is 4.74 Å². The molecule has 0 saturated carbocycles. The molecule has 0 spiro atoms. The zero-order valence-electron chi connectivity index (χ0n) is 11.2. The first-order valence-corrected chi connectivity index (χ1v) is 6.37. The first kappa shape index (κ1) is 13.7. The van der Waals surface area contributed by atoms with E-state index in [1.807, 2.05) is 6.92 Å². The smallest absolute Gasteiger partial charge is 0.257 e. The third-order valence-electron chi connectivity index (χ3n) is 3.58. The molecule has 0 aromatic heterocycles. The number of phenols is 1. The summed E-state index contributed by atoms with van der Waals surface area (Å²) in [6, 6.07) is 4.64. The van der Waals surface area contributed by atoms with Gasteiger partial charge in [0.25, 0.3) is 5.91 Å². The largest absolute Gasteiger partial charge is 0.507 e. The average Bonchev–Trinajstić information content (AvgIpc) is 2.41. The summed E-state index contributed by atoms with van der Waals surface area (Å²) in [7, 11) is 1.50. The van der Waals surface area contributed by atoms with Crippen molar-refractivity contribution in [2.24, 2.45) is 5.92 Å². The van der Waals surface area contributed by atoms with Crippen LogP contribution in [0.25, 0.3) is 0 Å². The zero-order valence-corrected chi connectivity index (χ0v) is 11.2. The van der Waals surface area contributed by atoms with Crippen LogP contribution in [0.3, 0.4) is 0 Å². The summed E-state index contributed by atoms with van der Waals surface area (Å²) in [4.78, 5) is 14.0. The number of ether oxygens (including phenoxy) is 1. The Morgan fingerprint density at radius 1 is 1.47 bits per heavy atom. The van der Waals surface area contributed by atoms with Gasteiger partial charge in [-0.15, -0.1) is 0 Å². The number of carbonyl (C=O) groups excluding carboxylic acids is 1. The number of rotatable bonds is 2. The fraction of sp³-hybridized carbons (Fsp3) is 0.500. The van der Waals surface area contributed by atoms with E-state index in [1.54, 1.807) is 17.0 Å². The molecular weight excluding hydrogens is 246 g/mol. The number of nitrogens with zero attached hydrogens (tertiary/aromatic N) is 1. The van der Waals surface area contributed by atoms with Gasteiger partial charge < -0.3 is 19.8 Å². The van der Waals surface area contributed by atoms with Crippen molar-refractivity contribution in [1.29, 1.82) is 0 Å². The van der Waals surface area contributed by atoms with Crippen LogP contribution in [0.5, 0.6) is 11.5 Å². The molecule has 1 saturated heterocycles. The number of benzene rings is 1. The van der Waals surface area contributed by atoms with Crippen molar-refractivity contribution >= 4 is 5.91 Å². The van der Waals surface area contributed by atoms with Gasteiger partial charge in [-0.2, -0.15) is 0 Å². The number of aromatic hydroxyl groups is 1. The number of carbonyl (C=O) groups is 1. The van der Waals surface area contributed by atoms with Crippen LogP contribution in [0, 0.1) is 5.92 Å². The number of hydrogen-bond donors (Lipinski definition) is 2. The third kappa shape index (κ3) is 2.81. The Balaban J connectivity index is 2.16. The summed E-state index contributed by atoms with van der Waals surface area (Å²) in [5.74, 6) is 0.275. The highest BCUT2D eigenvalue weighted by atomic mass is 16.5. The molecule has 1 aromatic rings. The number of aliphatic hydroxyl groups is 1.